The summed E-state index contributed by atoms with van der Waals surface area (Å²) in [7, 11) is 1.39. The van der Waals surface area contributed by atoms with Crippen molar-refractivity contribution in [3.8, 4) is 0 Å². The van der Waals surface area contributed by atoms with Crippen LogP contribution in [0.25, 0.3) is 0 Å². The van der Waals surface area contributed by atoms with Crippen molar-refractivity contribution in [1.82, 2.24) is 0 Å². The maximum Gasteiger partial charge on any atom is 0.330 e. The molecule has 0 atom stereocenters. The van der Waals surface area contributed by atoms with Crippen LogP contribution in [-0.2, 0) is 9.53 Å². The molecule has 0 N–H and O–H groups in total. The highest BCUT2D eigenvalue weighted by atomic mass is 16.5. The number of esters is 1. The number of methoxy groups -OCH3 is 1. The normalized spacial score (nSPS) is 11.3. The Kier molecular flexibility index (Phi) is 4.63. The molecule has 10 heavy (non-hydrogen) atoms. The van der Waals surface area contributed by atoms with Crippen LogP contribution in [0.2, 0.25) is 0 Å². The lowest BCUT2D eigenvalue weighted by Gasteiger charge is -1.95. The second kappa shape index (κ2) is 5.03. The van der Waals surface area contributed by atoms with Gasteiger partial charge in [-0.1, -0.05) is 18.9 Å². The molecule has 0 saturated heterocycles. The first-order valence-electron chi connectivity index (χ1n) is 3.45. The molecule has 58 valence electrons. The van der Waals surface area contributed by atoms with Crippen LogP contribution >= 0.6 is 0 Å². The maximum absolute atomic E-state index is 10.6. The van der Waals surface area contributed by atoms with Gasteiger partial charge in [0, 0.05) is 6.08 Å². The van der Waals surface area contributed by atoms with Gasteiger partial charge in [0.05, 0.1) is 7.11 Å². The zero-order valence-electron chi connectivity index (χ0n) is 6.81. The highest BCUT2D eigenvalue weighted by Crippen LogP contribution is 2.02. The summed E-state index contributed by atoms with van der Waals surface area (Å²) in [5, 5.41) is 0. The molecule has 0 spiro atoms. The fraction of sp³-hybridized carbons (Fsp3) is 0.625. The molecule has 0 aliphatic carbocycles. The Labute approximate surface area is 61.9 Å². The summed E-state index contributed by atoms with van der Waals surface area (Å²) in [4.78, 5) is 10.6. The van der Waals surface area contributed by atoms with E-state index in [-0.39, 0.29) is 5.97 Å². The molecule has 0 rings (SSSR count). The van der Waals surface area contributed by atoms with Crippen molar-refractivity contribution in [3.05, 3.63) is 11.6 Å². The van der Waals surface area contributed by atoms with Gasteiger partial charge < -0.3 is 4.74 Å². The van der Waals surface area contributed by atoms with Crippen molar-refractivity contribution < 1.29 is 9.53 Å². The molecule has 0 fully saturated rings. The van der Waals surface area contributed by atoms with Crippen molar-refractivity contribution in [2.75, 3.05) is 7.11 Å². The van der Waals surface area contributed by atoms with E-state index in [0.29, 0.717) is 0 Å². The Bertz CT molecular complexity index is 136. The number of hydrogen-bond donors (Lipinski definition) is 0. The molecule has 0 heterocycles. The molecule has 0 aromatic rings. The second-order valence-electron chi connectivity index (χ2n) is 2.26. The van der Waals surface area contributed by atoms with Crippen LogP contribution in [0.1, 0.15) is 26.7 Å². The number of ether oxygens (including phenoxy) is 1. The minimum Gasteiger partial charge on any atom is -0.466 e. The molecule has 0 unspecified atom stereocenters. The first kappa shape index (κ1) is 9.21. The Balaban J connectivity index is 3.77. The maximum atomic E-state index is 10.6. The van der Waals surface area contributed by atoms with Crippen molar-refractivity contribution in [3.63, 3.8) is 0 Å². The predicted molar refractivity (Wildman–Crippen MR) is 40.7 cm³/mol. The monoisotopic (exact) mass is 142 g/mol. The number of hydrogen-bond acceptors (Lipinski definition) is 2. The van der Waals surface area contributed by atoms with E-state index in [1.165, 1.54) is 13.2 Å². The third-order valence-corrected chi connectivity index (χ3v) is 1.21. The van der Waals surface area contributed by atoms with Gasteiger partial charge in [-0.2, -0.15) is 0 Å². The molecule has 0 amide bonds. The minimum absolute atomic E-state index is 0.258. The van der Waals surface area contributed by atoms with Gasteiger partial charge in [0.2, 0.25) is 0 Å². The summed E-state index contributed by atoms with van der Waals surface area (Å²) >= 11 is 0. The smallest absolute Gasteiger partial charge is 0.330 e. The lowest BCUT2D eigenvalue weighted by atomic mass is 10.2. The van der Waals surface area contributed by atoms with E-state index in [0.717, 1.165) is 18.4 Å². The lowest BCUT2D eigenvalue weighted by molar-refractivity contribution is -0.134. The van der Waals surface area contributed by atoms with Gasteiger partial charge in [0.25, 0.3) is 0 Å². The molecular weight excluding hydrogens is 128 g/mol. The Hall–Kier alpha value is -0.790. The fourth-order valence-corrected chi connectivity index (χ4v) is 0.727. The summed E-state index contributed by atoms with van der Waals surface area (Å²) in [6.45, 7) is 4.01. The van der Waals surface area contributed by atoms with Crippen LogP contribution in [0.5, 0.6) is 0 Å². The molecule has 0 aliphatic rings. The van der Waals surface area contributed by atoms with Crippen LogP contribution < -0.4 is 0 Å². The third kappa shape index (κ3) is 4.13. The summed E-state index contributed by atoms with van der Waals surface area (Å²) in [6.07, 6.45) is 3.57. The number of rotatable bonds is 3. The van der Waals surface area contributed by atoms with Gasteiger partial charge >= 0.3 is 5.97 Å². The van der Waals surface area contributed by atoms with E-state index in [1.807, 2.05) is 6.92 Å². The summed E-state index contributed by atoms with van der Waals surface area (Å²) in [6, 6.07) is 0. The van der Waals surface area contributed by atoms with Crippen molar-refractivity contribution in [2.45, 2.75) is 26.7 Å². The van der Waals surface area contributed by atoms with E-state index >= 15 is 0 Å². The van der Waals surface area contributed by atoms with Gasteiger partial charge in [-0.25, -0.2) is 4.79 Å². The molecule has 0 bridgehead atoms. The first-order chi connectivity index (χ1) is 4.70. The zero-order valence-corrected chi connectivity index (χ0v) is 6.81. The quantitative estimate of drug-likeness (QED) is 0.444. The highest BCUT2D eigenvalue weighted by molar-refractivity contribution is 5.82. The van der Waals surface area contributed by atoms with Gasteiger partial charge in [-0.05, 0) is 13.3 Å². The van der Waals surface area contributed by atoms with Gasteiger partial charge in [0.15, 0.2) is 0 Å². The largest absolute Gasteiger partial charge is 0.466 e. The van der Waals surface area contributed by atoms with E-state index < -0.39 is 0 Å². The number of carbonyl (C=O) groups excluding carboxylic acids is 1. The van der Waals surface area contributed by atoms with Crippen LogP contribution in [0.4, 0.5) is 0 Å². The highest BCUT2D eigenvalue weighted by Gasteiger charge is 1.93. The zero-order chi connectivity index (χ0) is 7.98. The van der Waals surface area contributed by atoms with Crippen molar-refractivity contribution in [2.24, 2.45) is 0 Å². The molecule has 0 aromatic heterocycles. The Morgan fingerprint density at radius 3 is 2.60 bits per heavy atom. The third-order valence-electron chi connectivity index (χ3n) is 1.21. The van der Waals surface area contributed by atoms with E-state index in [4.69, 9.17) is 0 Å². The van der Waals surface area contributed by atoms with E-state index in [2.05, 4.69) is 11.7 Å². The average Bonchev–Trinajstić information content (AvgIpc) is 1.88. The molecular formula is C8H14O2. The molecule has 0 radical (unpaired) electrons. The Morgan fingerprint density at radius 1 is 1.60 bits per heavy atom. The van der Waals surface area contributed by atoms with Gasteiger partial charge in [-0.15, -0.1) is 0 Å². The number of carbonyl (C=O) groups is 1. The Morgan fingerprint density at radius 2 is 2.20 bits per heavy atom. The van der Waals surface area contributed by atoms with Crippen molar-refractivity contribution >= 4 is 5.97 Å². The van der Waals surface area contributed by atoms with E-state index in [1.54, 1.807) is 0 Å². The van der Waals surface area contributed by atoms with Crippen LogP contribution in [0.3, 0.4) is 0 Å². The van der Waals surface area contributed by atoms with Crippen LogP contribution in [0, 0.1) is 0 Å². The summed E-state index contributed by atoms with van der Waals surface area (Å²) < 4.78 is 4.45. The summed E-state index contributed by atoms with van der Waals surface area (Å²) in [5.74, 6) is -0.258. The molecule has 0 aromatic carbocycles. The topological polar surface area (TPSA) is 26.3 Å². The molecule has 0 saturated carbocycles. The minimum atomic E-state index is -0.258. The molecule has 0 aliphatic heterocycles. The van der Waals surface area contributed by atoms with Gasteiger partial charge in [0.1, 0.15) is 0 Å². The average molecular weight is 142 g/mol. The predicted octanol–water partition coefficient (Wildman–Crippen LogP) is 1.91. The number of allylic oxidation sites excluding steroid dienone is 1. The first-order valence-corrected chi connectivity index (χ1v) is 3.45. The van der Waals surface area contributed by atoms with Crippen molar-refractivity contribution in [1.29, 1.82) is 0 Å². The van der Waals surface area contributed by atoms with Crippen LogP contribution in [-0.4, -0.2) is 13.1 Å². The van der Waals surface area contributed by atoms with E-state index in [9.17, 15) is 4.79 Å². The van der Waals surface area contributed by atoms with Crippen LogP contribution in [0.15, 0.2) is 11.6 Å². The lowest BCUT2D eigenvalue weighted by Crippen LogP contribution is -1.95. The molecule has 2 heteroatoms. The standard InChI is InChI=1S/C8H14O2/c1-4-5-7(2)6-8(9)10-3/h6H,4-5H2,1-3H3/b7-6+. The second-order valence-corrected chi connectivity index (χ2v) is 2.26. The van der Waals surface area contributed by atoms with Gasteiger partial charge in [-0.3, -0.25) is 0 Å². The SMILES string of the molecule is CCC/C(C)=C/C(=O)OC. The molecule has 2 nitrogen and oxygen atoms in total. The summed E-state index contributed by atoms with van der Waals surface area (Å²) in [5.41, 5.74) is 1.08. The fourth-order valence-electron chi connectivity index (χ4n) is 0.727.